The third kappa shape index (κ3) is 5.20. The molecule has 2 aromatic carbocycles. The number of nitrogens with one attached hydrogen (secondary N) is 1. The Morgan fingerprint density at radius 1 is 1.21 bits per heavy atom. The summed E-state index contributed by atoms with van der Waals surface area (Å²) in [5.41, 5.74) is 1.68. The normalized spacial score (nSPS) is 16.6. The van der Waals surface area contributed by atoms with Crippen molar-refractivity contribution in [2.45, 2.75) is 24.3 Å². The lowest BCUT2D eigenvalue weighted by atomic mass is 10.2. The van der Waals surface area contributed by atoms with Crippen LogP contribution in [0.4, 0.5) is 5.69 Å². The summed E-state index contributed by atoms with van der Waals surface area (Å²) in [6.45, 7) is 2.76. The second kappa shape index (κ2) is 8.87. The Morgan fingerprint density at radius 2 is 1.93 bits per heavy atom. The van der Waals surface area contributed by atoms with E-state index in [1.165, 1.54) is 9.87 Å². The molecule has 150 valence electrons. The van der Waals surface area contributed by atoms with Crippen molar-refractivity contribution in [3.8, 4) is 5.75 Å². The number of hydrogen-bond acceptors (Lipinski definition) is 5. The quantitative estimate of drug-likeness (QED) is 0.575. The van der Waals surface area contributed by atoms with Crippen LogP contribution in [0.5, 0.6) is 5.75 Å². The van der Waals surface area contributed by atoms with Crippen LogP contribution in [-0.4, -0.2) is 45.5 Å². The predicted octanol–water partition coefficient (Wildman–Crippen LogP) is 2.82. The second-order valence-corrected chi connectivity index (χ2v) is 9.73. The van der Waals surface area contributed by atoms with E-state index in [2.05, 4.69) is 29.6 Å². The minimum Gasteiger partial charge on any atom is -0.478 e. The number of rotatable bonds is 6. The molecule has 0 saturated heterocycles. The number of thioether (sulfide) groups is 1. The van der Waals surface area contributed by atoms with E-state index in [0.717, 1.165) is 16.9 Å². The Balaban J connectivity index is 1.58. The number of ether oxygens (including phenoxy) is 1. The molecule has 2 aromatic rings. The molecule has 0 spiro atoms. The van der Waals surface area contributed by atoms with Gasteiger partial charge in [-0.2, -0.15) is 0 Å². The van der Waals surface area contributed by atoms with Crippen molar-refractivity contribution in [1.82, 2.24) is 5.32 Å². The summed E-state index contributed by atoms with van der Waals surface area (Å²) in [5, 5.41) is 2.89. The minimum absolute atomic E-state index is 0.200. The molecule has 3 rings (SSSR count). The lowest BCUT2D eigenvalue weighted by molar-refractivity contribution is -0.127. The number of amides is 1. The van der Waals surface area contributed by atoms with Crippen LogP contribution in [0.15, 0.2) is 53.4 Å². The van der Waals surface area contributed by atoms with Crippen LogP contribution in [0.3, 0.4) is 0 Å². The molecule has 1 aliphatic rings. The summed E-state index contributed by atoms with van der Waals surface area (Å²) < 4.78 is 31.4. The molecule has 0 saturated carbocycles. The highest BCUT2D eigenvalue weighted by atomic mass is 32.2. The topological polar surface area (TPSA) is 75.7 Å². The number of benzene rings is 2. The predicted molar refractivity (Wildman–Crippen MR) is 113 cm³/mol. The highest BCUT2D eigenvalue weighted by molar-refractivity contribution is 7.99. The van der Waals surface area contributed by atoms with Crippen molar-refractivity contribution in [1.29, 1.82) is 0 Å². The van der Waals surface area contributed by atoms with Crippen molar-refractivity contribution < 1.29 is 17.9 Å². The summed E-state index contributed by atoms with van der Waals surface area (Å²) in [6.07, 6.45) is 0.725. The van der Waals surface area contributed by atoms with Gasteiger partial charge >= 0.3 is 0 Å². The van der Waals surface area contributed by atoms with Gasteiger partial charge in [-0.25, -0.2) is 8.42 Å². The molecule has 1 aliphatic heterocycles. The number of fused-ring (bicyclic) bond motifs is 1. The molecule has 8 heteroatoms. The summed E-state index contributed by atoms with van der Waals surface area (Å²) in [7, 11) is -3.45. The van der Waals surface area contributed by atoms with E-state index in [0.29, 0.717) is 24.4 Å². The molecule has 1 amide bonds. The fraction of sp³-hybridized carbons (Fsp3) is 0.350. The van der Waals surface area contributed by atoms with Gasteiger partial charge in [0.05, 0.1) is 11.9 Å². The smallest absolute Gasteiger partial charge is 0.261 e. The molecule has 1 atom stereocenters. The highest BCUT2D eigenvalue weighted by Crippen LogP contribution is 2.33. The van der Waals surface area contributed by atoms with Gasteiger partial charge in [-0.1, -0.05) is 29.8 Å². The third-order valence-corrected chi connectivity index (χ3v) is 6.58. The van der Waals surface area contributed by atoms with Gasteiger partial charge in [0.15, 0.2) is 6.10 Å². The fourth-order valence-electron chi connectivity index (χ4n) is 2.95. The number of para-hydroxylation sites is 2. The Kier molecular flexibility index (Phi) is 6.51. The fourth-order valence-corrected chi connectivity index (χ4v) is 4.66. The van der Waals surface area contributed by atoms with Crippen molar-refractivity contribution in [3.05, 3.63) is 54.1 Å². The van der Waals surface area contributed by atoms with E-state index in [1.54, 1.807) is 36.0 Å². The van der Waals surface area contributed by atoms with Crippen molar-refractivity contribution in [2.24, 2.45) is 0 Å². The van der Waals surface area contributed by atoms with Gasteiger partial charge in [-0.05, 0) is 31.2 Å². The molecule has 0 aromatic heterocycles. The zero-order chi connectivity index (χ0) is 20.1. The van der Waals surface area contributed by atoms with E-state index in [1.807, 2.05) is 6.92 Å². The molecule has 0 aliphatic carbocycles. The van der Waals surface area contributed by atoms with E-state index < -0.39 is 16.1 Å². The summed E-state index contributed by atoms with van der Waals surface area (Å²) >= 11 is 1.67. The largest absolute Gasteiger partial charge is 0.478 e. The van der Waals surface area contributed by atoms with Gasteiger partial charge in [0.2, 0.25) is 10.0 Å². The highest BCUT2D eigenvalue weighted by Gasteiger charge is 2.30. The van der Waals surface area contributed by atoms with Crippen LogP contribution < -0.4 is 14.4 Å². The number of aryl methyl sites for hydroxylation is 1. The van der Waals surface area contributed by atoms with E-state index >= 15 is 0 Å². The Morgan fingerprint density at radius 3 is 2.64 bits per heavy atom. The summed E-state index contributed by atoms with van der Waals surface area (Å²) in [6, 6.07) is 15.1. The van der Waals surface area contributed by atoms with Gasteiger partial charge in [0.25, 0.3) is 5.91 Å². The first kappa shape index (κ1) is 20.5. The maximum atomic E-state index is 12.6. The first-order valence-corrected chi connectivity index (χ1v) is 11.9. The molecule has 28 heavy (non-hydrogen) atoms. The monoisotopic (exact) mass is 420 g/mol. The Hall–Kier alpha value is -2.19. The van der Waals surface area contributed by atoms with Gasteiger partial charge < -0.3 is 10.1 Å². The van der Waals surface area contributed by atoms with Gasteiger partial charge in [0, 0.05) is 30.2 Å². The molecule has 0 radical (unpaired) electrons. The van der Waals surface area contributed by atoms with Crippen LogP contribution in [0, 0.1) is 6.92 Å². The molecule has 0 unspecified atom stereocenters. The van der Waals surface area contributed by atoms with Gasteiger partial charge in [0.1, 0.15) is 5.75 Å². The van der Waals surface area contributed by atoms with Crippen molar-refractivity contribution in [3.63, 3.8) is 0 Å². The first-order valence-electron chi connectivity index (χ1n) is 9.05. The Labute approximate surface area is 170 Å². The van der Waals surface area contributed by atoms with E-state index in [9.17, 15) is 13.2 Å². The van der Waals surface area contributed by atoms with Crippen LogP contribution in [-0.2, 0) is 14.8 Å². The average Bonchev–Trinajstić information content (AvgIpc) is 2.86. The maximum absolute atomic E-state index is 12.6. The van der Waals surface area contributed by atoms with Gasteiger partial charge in [-0.3, -0.25) is 9.10 Å². The van der Waals surface area contributed by atoms with Gasteiger partial charge in [-0.15, -0.1) is 11.8 Å². The first-order chi connectivity index (χ1) is 13.3. The van der Waals surface area contributed by atoms with Crippen LogP contribution in [0.25, 0.3) is 0 Å². The number of anilines is 1. The Bertz CT molecular complexity index is 929. The van der Waals surface area contributed by atoms with Crippen LogP contribution in [0.1, 0.15) is 12.0 Å². The second-order valence-electron chi connectivity index (χ2n) is 6.65. The molecule has 0 fully saturated rings. The molecule has 0 bridgehead atoms. The average molecular weight is 421 g/mol. The zero-order valence-corrected chi connectivity index (χ0v) is 17.6. The molecule has 1 heterocycles. The molecular weight excluding hydrogens is 396 g/mol. The lowest BCUT2D eigenvalue weighted by Crippen LogP contribution is -2.40. The van der Waals surface area contributed by atoms with Crippen LogP contribution in [0.2, 0.25) is 0 Å². The number of hydrogen-bond donors (Lipinski definition) is 1. The van der Waals surface area contributed by atoms with Crippen molar-refractivity contribution >= 4 is 33.4 Å². The van der Waals surface area contributed by atoms with E-state index in [-0.39, 0.29) is 12.5 Å². The zero-order valence-electron chi connectivity index (χ0n) is 15.9. The third-order valence-electron chi connectivity index (χ3n) is 4.38. The number of nitrogens with zero attached hydrogens (tertiary/aromatic N) is 1. The minimum atomic E-state index is -3.45. The standard InChI is InChI=1S/C20H24N2O4S2/c1-15-7-9-16(10-8-15)27-14-12-21-20(23)19-11-13-22(28(2,24)25)17-5-3-4-6-18(17)26-19/h3-10,19H,11-14H2,1-2H3,(H,21,23)/t19-/m1/s1. The van der Waals surface area contributed by atoms with Crippen LogP contribution >= 0.6 is 11.8 Å². The van der Waals surface area contributed by atoms with E-state index in [4.69, 9.17) is 4.74 Å². The lowest BCUT2D eigenvalue weighted by Gasteiger charge is -2.20. The SMILES string of the molecule is Cc1ccc(SCCNC(=O)[C@H]2CCN(S(C)(=O)=O)c3ccccc3O2)cc1. The molecule has 6 nitrogen and oxygen atoms in total. The summed E-state index contributed by atoms with van der Waals surface area (Å²) in [4.78, 5) is 13.7. The van der Waals surface area contributed by atoms with Crippen molar-refractivity contribution in [2.75, 3.05) is 29.4 Å². The summed E-state index contributed by atoms with van der Waals surface area (Å²) in [5.74, 6) is 0.919. The number of carbonyl (C=O) groups excluding carboxylic acids is 1. The number of carbonyl (C=O) groups is 1. The molecular formula is C20H24N2O4S2. The maximum Gasteiger partial charge on any atom is 0.261 e. The number of sulfonamides is 1. The molecule has 1 N–H and O–H groups in total.